The zero-order valence-corrected chi connectivity index (χ0v) is 51.9. The van der Waals surface area contributed by atoms with Gasteiger partial charge in [-0.15, -0.1) is 45.3 Å². The molecule has 0 aliphatic rings. The Morgan fingerprint density at radius 1 is 0.480 bits per heavy atom. The number of hydrogen-bond donors (Lipinski definition) is 0. The van der Waals surface area contributed by atoms with Crippen LogP contribution < -0.4 is 9.47 Å². The summed E-state index contributed by atoms with van der Waals surface area (Å²) in [6.07, 6.45) is 31.1. The Bertz CT molecular complexity index is 2780. The van der Waals surface area contributed by atoms with Crippen molar-refractivity contribution in [3.05, 3.63) is 57.8 Å². The molecular formula is C65H91N3O2S5. The smallest absolute Gasteiger partial charge is 0.146 e. The lowest BCUT2D eigenvalue weighted by molar-refractivity contribution is 0.226. The van der Waals surface area contributed by atoms with Gasteiger partial charge in [-0.1, -0.05) is 198 Å². The van der Waals surface area contributed by atoms with E-state index in [1.165, 1.54) is 206 Å². The van der Waals surface area contributed by atoms with Gasteiger partial charge in [-0.25, -0.2) is 0 Å². The maximum atomic E-state index is 10.7. The molecule has 2 atom stereocenters. The third kappa shape index (κ3) is 15.9. The Morgan fingerprint density at radius 2 is 0.947 bits per heavy atom. The van der Waals surface area contributed by atoms with E-state index in [0.717, 1.165) is 56.6 Å². The van der Waals surface area contributed by atoms with Gasteiger partial charge in [-0.2, -0.15) is 14.0 Å². The Kier molecular flexibility index (Phi) is 23.0. The lowest BCUT2D eigenvalue weighted by Crippen LogP contribution is -2.14. The van der Waals surface area contributed by atoms with Crippen LogP contribution in [0.25, 0.3) is 61.8 Å². The number of rotatable bonds is 33. The molecule has 0 bridgehead atoms. The molecular weight excluding hydrogens is 1020 g/mol. The first-order valence-corrected chi connectivity index (χ1v) is 33.5. The fraction of sp³-hybridized carbons (Fsp3) is 0.615. The highest BCUT2D eigenvalue weighted by Crippen LogP contribution is 2.54. The molecule has 10 heteroatoms. The van der Waals surface area contributed by atoms with E-state index in [-0.39, 0.29) is 10.8 Å². The fourth-order valence-electron chi connectivity index (χ4n) is 10.6. The van der Waals surface area contributed by atoms with Crippen molar-refractivity contribution in [1.29, 1.82) is 5.26 Å². The lowest BCUT2D eigenvalue weighted by Gasteiger charge is -2.21. The number of fused-ring (bicyclic) bond motifs is 3. The van der Waals surface area contributed by atoms with Crippen LogP contribution in [0, 0.1) is 23.2 Å². The summed E-state index contributed by atoms with van der Waals surface area (Å²) in [6.45, 7) is 24.5. The summed E-state index contributed by atoms with van der Waals surface area (Å²) in [5.41, 5.74) is 4.19. The van der Waals surface area contributed by atoms with Crippen molar-refractivity contribution in [1.82, 2.24) is 8.75 Å². The van der Waals surface area contributed by atoms with Gasteiger partial charge in [-0.3, -0.25) is 0 Å². The molecule has 5 heterocycles. The second-order valence-electron chi connectivity index (χ2n) is 23.8. The Morgan fingerprint density at radius 3 is 1.47 bits per heavy atom. The van der Waals surface area contributed by atoms with Gasteiger partial charge in [-0.05, 0) is 90.8 Å². The number of aromatic nitrogens is 2. The molecule has 75 heavy (non-hydrogen) atoms. The summed E-state index contributed by atoms with van der Waals surface area (Å²) in [5.74, 6) is 3.16. The topological polar surface area (TPSA) is 68.0 Å². The summed E-state index contributed by atoms with van der Waals surface area (Å²) in [7, 11) is 0. The third-order valence-corrected chi connectivity index (χ3v) is 21.3. The summed E-state index contributed by atoms with van der Waals surface area (Å²) >= 11 is 8.55. The maximum Gasteiger partial charge on any atom is 0.146 e. The highest BCUT2D eigenvalue weighted by Gasteiger charge is 2.28. The van der Waals surface area contributed by atoms with Crippen molar-refractivity contribution >= 4 is 88.3 Å². The number of thiophene rings is 4. The van der Waals surface area contributed by atoms with Crippen LogP contribution in [0.4, 0.5) is 0 Å². The normalized spacial score (nSPS) is 13.1. The molecule has 7 aromatic rings. The van der Waals surface area contributed by atoms with E-state index in [9.17, 15) is 5.26 Å². The van der Waals surface area contributed by atoms with Crippen LogP contribution >= 0.6 is 57.1 Å². The SMILES string of the molecule is CCCCCCCCC(CCCCCC)COc1c2cc(C(C)(C)C)sc2c(OCC(CCCCCC)CCCCCCCC)c2cc(-c3ccc(-c4cc(C#N)c(-c5ccc(C(C)(C)C)s5)c5nsnc45)s3)sc12. The maximum absolute atomic E-state index is 10.7. The van der Waals surface area contributed by atoms with Crippen molar-refractivity contribution < 1.29 is 9.47 Å². The molecule has 408 valence electrons. The first-order valence-electron chi connectivity index (χ1n) is 29.5. The molecule has 0 saturated heterocycles. The molecule has 5 aromatic heterocycles. The lowest BCUT2D eigenvalue weighted by atomic mass is 9.94. The Hall–Kier alpha value is -3.33. The van der Waals surface area contributed by atoms with Gasteiger partial charge in [0.1, 0.15) is 22.5 Å². The van der Waals surface area contributed by atoms with Crippen molar-refractivity contribution in [2.24, 2.45) is 11.8 Å². The first kappa shape index (κ1) is 59.3. The van der Waals surface area contributed by atoms with Gasteiger partial charge in [0.05, 0.1) is 46.0 Å². The van der Waals surface area contributed by atoms with E-state index in [1.807, 2.05) is 22.7 Å². The number of nitriles is 1. The average molecular weight is 1110 g/mol. The number of ether oxygens (including phenoxy) is 2. The molecule has 7 rings (SSSR count). The second-order valence-corrected chi connectivity index (χ2v) is 28.6. The van der Waals surface area contributed by atoms with Crippen molar-refractivity contribution in [3.8, 4) is 48.2 Å². The molecule has 0 spiro atoms. The molecule has 2 aromatic carbocycles. The Labute approximate surface area is 473 Å². The molecule has 0 aliphatic carbocycles. The molecule has 0 fully saturated rings. The highest BCUT2D eigenvalue weighted by molar-refractivity contribution is 7.27. The van der Waals surface area contributed by atoms with Gasteiger partial charge in [0.2, 0.25) is 0 Å². The number of unbranched alkanes of at least 4 members (excludes halogenated alkanes) is 16. The van der Waals surface area contributed by atoms with Gasteiger partial charge < -0.3 is 9.47 Å². The predicted octanol–water partition coefficient (Wildman–Crippen LogP) is 23.1. The first-order chi connectivity index (χ1) is 36.3. The average Bonchev–Trinajstić information content (AvgIpc) is 4.28. The predicted molar refractivity (Wildman–Crippen MR) is 334 cm³/mol. The van der Waals surface area contributed by atoms with E-state index in [4.69, 9.17) is 18.2 Å². The zero-order chi connectivity index (χ0) is 53.4. The van der Waals surface area contributed by atoms with Crippen LogP contribution in [0.1, 0.15) is 239 Å². The molecule has 0 aliphatic heterocycles. The highest BCUT2D eigenvalue weighted by atomic mass is 32.1. The minimum absolute atomic E-state index is 0.00956. The fourth-order valence-corrected chi connectivity index (χ4v) is 15.8. The second kappa shape index (κ2) is 29.0. The minimum atomic E-state index is -0.00956. The van der Waals surface area contributed by atoms with Crippen molar-refractivity contribution in [2.75, 3.05) is 13.2 Å². The Balaban J connectivity index is 1.30. The van der Waals surface area contributed by atoms with E-state index < -0.39 is 0 Å². The zero-order valence-electron chi connectivity index (χ0n) is 47.8. The monoisotopic (exact) mass is 1110 g/mol. The van der Waals surface area contributed by atoms with Crippen LogP contribution in [0.5, 0.6) is 11.5 Å². The molecule has 0 N–H and O–H groups in total. The van der Waals surface area contributed by atoms with E-state index in [0.29, 0.717) is 17.4 Å². The minimum Gasteiger partial charge on any atom is -0.491 e. The third-order valence-electron chi connectivity index (χ3n) is 15.3. The number of hydrogen-bond acceptors (Lipinski definition) is 10. The van der Waals surface area contributed by atoms with E-state index >= 15 is 0 Å². The van der Waals surface area contributed by atoms with Crippen molar-refractivity contribution in [3.63, 3.8) is 0 Å². The molecule has 0 amide bonds. The number of benzene rings is 2. The van der Waals surface area contributed by atoms with E-state index in [1.54, 1.807) is 22.7 Å². The summed E-state index contributed by atoms with van der Waals surface area (Å²) in [5, 5.41) is 13.1. The van der Waals surface area contributed by atoms with Crippen LogP contribution in [0.3, 0.4) is 0 Å². The largest absolute Gasteiger partial charge is 0.491 e. The van der Waals surface area contributed by atoms with Gasteiger partial charge in [0, 0.05) is 51.2 Å². The van der Waals surface area contributed by atoms with Gasteiger partial charge >= 0.3 is 0 Å². The van der Waals surface area contributed by atoms with Gasteiger partial charge in [0.15, 0.2) is 0 Å². The summed E-state index contributed by atoms with van der Waals surface area (Å²) in [6, 6.07) is 18.3. The summed E-state index contributed by atoms with van der Waals surface area (Å²) < 4.78 is 27.0. The molecule has 2 unspecified atom stereocenters. The standard InChI is InChI=1S/C65H91N3O2S5/c1-11-15-19-23-25-29-33-45(31-27-21-17-13-3)43-69-60-49-40-54(52-36-35-51(71-52)48-39-47(42-66)57(59-58(48)67-75-68-59)53-37-38-55(72-53)64(5,6)7)73-62(49)61(50-41-56(65(8,9)10)74-63(50)60)70-44-46(32-28-22-18-14-4)34-30-26-24-20-16-12-2/h35-41,45-46H,11-34,43-44H2,1-10H3. The van der Waals surface area contributed by atoms with Crippen LogP contribution in [-0.2, 0) is 10.8 Å². The quantitative estimate of drug-likeness (QED) is 0.0384. The van der Waals surface area contributed by atoms with Crippen LogP contribution in [-0.4, -0.2) is 22.0 Å². The molecule has 0 saturated carbocycles. The molecule has 0 radical (unpaired) electrons. The van der Waals surface area contributed by atoms with Crippen LogP contribution in [0.2, 0.25) is 0 Å². The summed E-state index contributed by atoms with van der Waals surface area (Å²) in [4.78, 5) is 7.24. The van der Waals surface area contributed by atoms with Crippen LogP contribution in [0.15, 0.2) is 42.5 Å². The van der Waals surface area contributed by atoms with Gasteiger partial charge in [0.25, 0.3) is 0 Å². The van der Waals surface area contributed by atoms with Crippen molar-refractivity contribution in [2.45, 2.75) is 234 Å². The molecule has 5 nitrogen and oxygen atoms in total. The van der Waals surface area contributed by atoms with E-state index in [2.05, 4.69) is 118 Å². The number of nitrogens with zero attached hydrogens (tertiary/aromatic N) is 3.